The van der Waals surface area contributed by atoms with Crippen molar-refractivity contribution < 1.29 is 9.13 Å². The summed E-state index contributed by atoms with van der Waals surface area (Å²) >= 11 is 5.98. The van der Waals surface area contributed by atoms with Crippen molar-refractivity contribution in [3.63, 3.8) is 0 Å². The fourth-order valence-electron chi connectivity index (χ4n) is 2.01. The lowest BCUT2D eigenvalue weighted by atomic mass is 10.0. The fourth-order valence-corrected chi connectivity index (χ4v) is 2.23. The molecule has 0 unspecified atom stereocenters. The van der Waals surface area contributed by atoms with E-state index in [4.69, 9.17) is 16.3 Å². The summed E-state index contributed by atoms with van der Waals surface area (Å²) in [5.74, 6) is 0.415. The molecule has 0 saturated heterocycles. The van der Waals surface area contributed by atoms with Gasteiger partial charge in [-0.3, -0.25) is 0 Å². The number of halogens is 2. The Morgan fingerprint density at radius 3 is 2.60 bits per heavy atom. The molecule has 0 bridgehead atoms. The number of aryl methyl sites for hydroxylation is 1. The maximum absolute atomic E-state index is 14.1. The Bertz CT molecular complexity index is 635. The van der Waals surface area contributed by atoms with Gasteiger partial charge in [0.15, 0.2) is 0 Å². The molecule has 2 aromatic rings. The van der Waals surface area contributed by atoms with Gasteiger partial charge in [-0.05, 0) is 41.8 Å². The third-order valence-corrected chi connectivity index (χ3v) is 3.47. The van der Waals surface area contributed by atoms with Crippen LogP contribution in [0.15, 0.2) is 42.5 Å². The first-order chi connectivity index (χ1) is 9.65. The summed E-state index contributed by atoms with van der Waals surface area (Å²) < 4.78 is 19.1. The Kier molecular flexibility index (Phi) is 4.80. The number of alkyl halides is 1. The minimum atomic E-state index is -0.329. The molecule has 0 aliphatic heterocycles. The first kappa shape index (κ1) is 14.6. The molecule has 1 nitrogen and oxygen atoms in total. The highest BCUT2D eigenvalue weighted by Crippen LogP contribution is 2.26. The van der Waals surface area contributed by atoms with Crippen LogP contribution in [-0.2, 0) is 0 Å². The Hall–Kier alpha value is -1.80. The molecule has 0 spiro atoms. The van der Waals surface area contributed by atoms with Crippen molar-refractivity contribution in [2.45, 2.75) is 6.92 Å². The number of rotatable bonds is 4. The van der Waals surface area contributed by atoms with Crippen LogP contribution in [0.3, 0.4) is 0 Å². The smallest absolute Gasteiger partial charge is 0.134 e. The van der Waals surface area contributed by atoms with Gasteiger partial charge in [0.05, 0.1) is 7.11 Å². The van der Waals surface area contributed by atoms with E-state index in [1.165, 1.54) is 13.2 Å². The fraction of sp³-hybridized carbons (Fsp3) is 0.176. The lowest BCUT2D eigenvalue weighted by Crippen LogP contribution is -1.94. The zero-order valence-electron chi connectivity index (χ0n) is 11.5. The molecule has 2 rings (SSSR count). The van der Waals surface area contributed by atoms with E-state index in [1.807, 2.05) is 37.3 Å². The van der Waals surface area contributed by atoms with E-state index in [9.17, 15) is 4.39 Å². The van der Waals surface area contributed by atoms with E-state index in [2.05, 4.69) is 0 Å². The molecule has 0 aliphatic carbocycles. The van der Waals surface area contributed by atoms with E-state index >= 15 is 0 Å². The van der Waals surface area contributed by atoms with Gasteiger partial charge in [0.1, 0.15) is 11.6 Å². The Balaban J connectivity index is 2.45. The van der Waals surface area contributed by atoms with Gasteiger partial charge in [-0.1, -0.05) is 24.3 Å². The van der Waals surface area contributed by atoms with Gasteiger partial charge < -0.3 is 4.74 Å². The van der Waals surface area contributed by atoms with Crippen molar-refractivity contribution >= 4 is 23.3 Å². The monoisotopic (exact) mass is 290 g/mol. The average molecular weight is 291 g/mol. The van der Waals surface area contributed by atoms with Crippen molar-refractivity contribution in [1.29, 1.82) is 0 Å². The van der Waals surface area contributed by atoms with E-state index in [0.717, 1.165) is 16.7 Å². The van der Waals surface area contributed by atoms with Gasteiger partial charge in [-0.2, -0.15) is 0 Å². The predicted molar refractivity (Wildman–Crippen MR) is 82.7 cm³/mol. The van der Waals surface area contributed by atoms with Gasteiger partial charge in [0.2, 0.25) is 0 Å². The van der Waals surface area contributed by atoms with Crippen molar-refractivity contribution in [3.8, 4) is 5.75 Å². The van der Waals surface area contributed by atoms with Crippen LogP contribution in [0.2, 0.25) is 0 Å². The van der Waals surface area contributed by atoms with Gasteiger partial charge in [-0.25, -0.2) is 4.39 Å². The Labute approximate surface area is 123 Å². The number of hydrogen-bond donors (Lipinski definition) is 0. The van der Waals surface area contributed by atoms with Crippen molar-refractivity contribution in [3.05, 3.63) is 65.0 Å². The molecule has 20 heavy (non-hydrogen) atoms. The predicted octanol–water partition coefficient (Wildman–Crippen LogP) is 4.92. The number of ether oxygens (including phenoxy) is 1. The molecule has 2 aromatic carbocycles. The highest BCUT2D eigenvalue weighted by Gasteiger charge is 2.09. The van der Waals surface area contributed by atoms with Gasteiger partial charge in [0, 0.05) is 17.5 Å². The third kappa shape index (κ3) is 3.20. The summed E-state index contributed by atoms with van der Waals surface area (Å²) in [6.07, 6.45) is 1.92. The van der Waals surface area contributed by atoms with E-state index in [0.29, 0.717) is 11.3 Å². The highest BCUT2D eigenvalue weighted by molar-refractivity contribution is 6.24. The normalized spacial score (nSPS) is 11.5. The van der Waals surface area contributed by atoms with Crippen molar-refractivity contribution in [1.82, 2.24) is 0 Å². The Morgan fingerprint density at radius 1 is 1.25 bits per heavy atom. The van der Waals surface area contributed by atoms with Crippen LogP contribution in [0.1, 0.15) is 16.7 Å². The van der Waals surface area contributed by atoms with Crippen molar-refractivity contribution in [2.24, 2.45) is 0 Å². The molecule has 0 amide bonds. The van der Waals surface area contributed by atoms with Gasteiger partial charge >= 0.3 is 0 Å². The van der Waals surface area contributed by atoms with Crippen LogP contribution in [0.25, 0.3) is 11.6 Å². The molecule has 0 radical (unpaired) electrons. The second kappa shape index (κ2) is 6.58. The molecular formula is C17H16ClFO. The van der Waals surface area contributed by atoms with Gasteiger partial charge in [0.25, 0.3) is 0 Å². The van der Waals surface area contributed by atoms with Crippen LogP contribution in [0, 0.1) is 12.7 Å². The van der Waals surface area contributed by atoms with Crippen LogP contribution >= 0.6 is 11.6 Å². The number of benzene rings is 2. The summed E-state index contributed by atoms with van der Waals surface area (Å²) in [4.78, 5) is 0. The zero-order valence-corrected chi connectivity index (χ0v) is 12.2. The largest absolute Gasteiger partial charge is 0.497 e. The van der Waals surface area contributed by atoms with E-state index in [-0.39, 0.29) is 11.7 Å². The topological polar surface area (TPSA) is 9.23 Å². The van der Waals surface area contributed by atoms with E-state index in [1.54, 1.807) is 12.1 Å². The van der Waals surface area contributed by atoms with Crippen LogP contribution in [-0.4, -0.2) is 13.0 Å². The molecule has 3 heteroatoms. The minimum absolute atomic E-state index is 0.248. The second-order valence-electron chi connectivity index (χ2n) is 4.51. The maximum Gasteiger partial charge on any atom is 0.134 e. The first-order valence-corrected chi connectivity index (χ1v) is 6.85. The average Bonchev–Trinajstić information content (AvgIpc) is 2.47. The highest BCUT2D eigenvalue weighted by atomic mass is 35.5. The summed E-state index contributed by atoms with van der Waals surface area (Å²) in [6, 6.07) is 12.7. The minimum Gasteiger partial charge on any atom is -0.497 e. The molecule has 0 aliphatic rings. The number of allylic oxidation sites excluding steroid dienone is 1. The standard InChI is InChI=1S/C17H16ClFO/c1-12-5-3-4-6-13(12)9-14(11-18)16-8-7-15(20-2)10-17(16)19/h3-10H,11H2,1-2H3/b14-9+. The molecular weight excluding hydrogens is 275 g/mol. The molecule has 0 atom stereocenters. The first-order valence-electron chi connectivity index (χ1n) is 6.31. The van der Waals surface area contributed by atoms with Crippen LogP contribution in [0.5, 0.6) is 5.75 Å². The summed E-state index contributed by atoms with van der Waals surface area (Å²) in [6.45, 7) is 2.02. The van der Waals surface area contributed by atoms with Crippen LogP contribution in [0.4, 0.5) is 4.39 Å². The molecule has 0 aromatic heterocycles. The summed E-state index contributed by atoms with van der Waals surface area (Å²) in [7, 11) is 1.51. The molecule has 0 N–H and O–H groups in total. The number of methoxy groups -OCH3 is 1. The SMILES string of the molecule is COc1ccc(/C(=C/c2ccccc2C)CCl)c(F)c1. The molecule has 0 saturated carbocycles. The van der Waals surface area contributed by atoms with E-state index < -0.39 is 0 Å². The lowest BCUT2D eigenvalue weighted by Gasteiger charge is -2.09. The lowest BCUT2D eigenvalue weighted by molar-refractivity contribution is 0.411. The van der Waals surface area contributed by atoms with Crippen LogP contribution < -0.4 is 4.74 Å². The number of hydrogen-bond acceptors (Lipinski definition) is 1. The molecule has 0 heterocycles. The molecule has 104 valence electrons. The second-order valence-corrected chi connectivity index (χ2v) is 4.77. The maximum atomic E-state index is 14.1. The third-order valence-electron chi connectivity index (χ3n) is 3.18. The Morgan fingerprint density at radius 2 is 2.00 bits per heavy atom. The zero-order chi connectivity index (χ0) is 14.5. The molecule has 0 fully saturated rings. The van der Waals surface area contributed by atoms with Gasteiger partial charge in [-0.15, -0.1) is 11.6 Å². The quantitative estimate of drug-likeness (QED) is 0.573. The van der Waals surface area contributed by atoms with Crippen molar-refractivity contribution in [2.75, 3.05) is 13.0 Å². The summed E-state index contributed by atoms with van der Waals surface area (Å²) in [5, 5.41) is 0. The summed E-state index contributed by atoms with van der Waals surface area (Å²) in [5.41, 5.74) is 3.42.